The Labute approximate surface area is 403 Å². The van der Waals surface area contributed by atoms with Gasteiger partial charge in [-0.3, -0.25) is 24.0 Å². The van der Waals surface area contributed by atoms with Gasteiger partial charge >= 0.3 is 35.9 Å². The van der Waals surface area contributed by atoms with Crippen LogP contribution in [0, 0.1) is 12.7 Å². The number of amides is 2. The molecule has 22 nitrogen and oxygen atoms in total. The molecule has 0 bridgehead atoms. The minimum absolute atomic E-state index is 0.0117. The largest absolute Gasteiger partial charge is 0.467 e. The van der Waals surface area contributed by atoms with Crippen molar-refractivity contribution in [2.45, 2.75) is 122 Å². The Morgan fingerprint density at radius 1 is 0.972 bits per heavy atom. The van der Waals surface area contributed by atoms with Gasteiger partial charge in [0, 0.05) is 56.3 Å². The van der Waals surface area contributed by atoms with Gasteiger partial charge < -0.3 is 63.9 Å². The standard InChI is InChI=1S/C48H50FN5O17/c1-7-48(63)28-15-33-38-26(17-54(33)43(59)27(28)19-65-46(48)61)37-30(10-9-25-20(2)29(49)16-32(52-38)36(25)37)53-47(62)66-18-24-8-11-34(31(14-24)51-35(58)12-13-50)70-45-42(69-23(5)57)40(68-22(4)56)39(67-21(3)55)41(71-45)44(60)64-6/h8,11,14-16,30,39-42,45,63H,7,9-10,12-13,17-19,50H2,1-6H3,(H,51,58)(H,53,62)/t30-,39-,40-,41-,42+,45+,48-/m0/s1. The number of aryl methyl sites for hydroxylation is 1. The summed E-state index contributed by atoms with van der Waals surface area (Å²) in [6, 6.07) is 6.33. The summed E-state index contributed by atoms with van der Waals surface area (Å²) in [6.07, 6.45) is -8.96. The number of ether oxygens (including phenoxy) is 8. The highest BCUT2D eigenvalue weighted by molar-refractivity contribution is 5.94. The van der Waals surface area contributed by atoms with Gasteiger partial charge in [0.15, 0.2) is 23.9 Å². The first-order valence-electron chi connectivity index (χ1n) is 22.6. The molecule has 2 aromatic heterocycles. The zero-order valence-electron chi connectivity index (χ0n) is 39.3. The number of esters is 5. The third-order valence-corrected chi connectivity index (χ3v) is 12.8. The molecule has 2 amide bonds. The first kappa shape index (κ1) is 49.9. The van der Waals surface area contributed by atoms with Gasteiger partial charge in [-0.25, -0.2) is 23.8 Å². The number of aromatic nitrogens is 2. The molecule has 376 valence electrons. The van der Waals surface area contributed by atoms with E-state index < -0.39 is 95.6 Å². The van der Waals surface area contributed by atoms with Gasteiger partial charge in [0.05, 0.1) is 47.9 Å². The van der Waals surface area contributed by atoms with Crippen molar-refractivity contribution in [3.63, 3.8) is 0 Å². The summed E-state index contributed by atoms with van der Waals surface area (Å²) in [6.45, 7) is 5.61. The van der Waals surface area contributed by atoms with Crippen LogP contribution in [0.1, 0.15) is 91.9 Å². The molecular formula is C48H50FN5O17. The number of pyridine rings is 2. The predicted octanol–water partition coefficient (Wildman–Crippen LogP) is 2.80. The van der Waals surface area contributed by atoms with Crippen molar-refractivity contribution in [1.29, 1.82) is 0 Å². The molecule has 71 heavy (non-hydrogen) atoms. The van der Waals surface area contributed by atoms with Gasteiger partial charge in [0.25, 0.3) is 5.56 Å². The number of hydrogen-bond acceptors (Lipinski definition) is 19. The van der Waals surface area contributed by atoms with Gasteiger partial charge in [-0.15, -0.1) is 0 Å². The lowest BCUT2D eigenvalue weighted by atomic mass is 9.81. The van der Waals surface area contributed by atoms with E-state index >= 15 is 4.39 Å². The lowest BCUT2D eigenvalue weighted by molar-refractivity contribution is -0.282. The van der Waals surface area contributed by atoms with Gasteiger partial charge in [-0.2, -0.15) is 0 Å². The van der Waals surface area contributed by atoms with Crippen molar-refractivity contribution >= 4 is 58.4 Å². The number of hydrogen-bond donors (Lipinski definition) is 4. The third-order valence-electron chi connectivity index (χ3n) is 12.8. The SMILES string of the molecule is CC[C@@]1(O)C(=O)OCc2c1cc1n(c2=O)Cc2c-1nc1cc(F)c(C)c3c1c2[C@@H](NC(=O)OCc1ccc(O[C@@H]2O[C@H](C(=O)OC)[C@@H](OC(C)=O)[C@H](OC(C)=O)[C@H]2OC(C)=O)c(NC(=O)CCN)c1)CC3. The van der Waals surface area contributed by atoms with E-state index in [2.05, 4.69) is 10.6 Å². The number of carbonyl (C=O) groups excluding carboxylic acids is 7. The minimum atomic E-state index is -2.08. The topological polar surface area (TPSA) is 299 Å². The smallest absolute Gasteiger partial charge is 0.407 e. The molecule has 0 spiro atoms. The van der Waals surface area contributed by atoms with Crippen LogP contribution in [-0.2, 0) is 93.7 Å². The summed E-state index contributed by atoms with van der Waals surface area (Å²) in [5.74, 6) is -5.85. The summed E-state index contributed by atoms with van der Waals surface area (Å²) in [4.78, 5) is 108. The number of rotatable bonds is 13. The summed E-state index contributed by atoms with van der Waals surface area (Å²) < 4.78 is 61.0. The average Bonchev–Trinajstić information content (AvgIpc) is 3.69. The average molecular weight is 988 g/mol. The van der Waals surface area contributed by atoms with Crippen LogP contribution in [-0.4, -0.2) is 101 Å². The van der Waals surface area contributed by atoms with Crippen LogP contribution in [0.25, 0.3) is 22.3 Å². The van der Waals surface area contributed by atoms with Crippen LogP contribution in [0.3, 0.4) is 0 Å². The highest BCUT2D eigenvalue weighted by Crippen LogP contribution is 2.46. The van der Waals surface area contributed by atoms with Gasteiger partial charge in [0.1, 0.15) is 24.8 Å². The summed E-state index contributed by atoms with van der Waals surface area (Å²) in [5, 5.41) is 17.6. The highest BCUT2D eigenvalue weighted by Gasteiger charge is 2.56. The fourth-order valence-electron chi connectivity index (χ4n) is 9.54. The van der Waals surface area contributed by atoms with Crippen LogP contribution < -0.4 is 26.7 Å². The number of halogens is 1. The second kappa shape index (κ2) is 19.7. The quantitative estimate of drug-likeness (QED) is 0.0974. The van der Waals surface area contributed by atoms with Crippen LogP contribution in [0.4, 0.5) is 14.9 Å². The van der Waals surface area contributed by atoms with Crippen molar-refractivity contribution in [3.05, 3.63) is 85.4 Å². The third kappa shape index (κ3) is 9.34. The normalized spacial score (nSPS) is 22.7. The van der Waals surface area contributed by atoms with E-state index in [1.807, 2.05) is 0 Å². The van der Waals surface area contributed by atoms with Crippen molar-refractivity contribution in [2.24, 2.45) is 5.73 Å². The molecular weight excluding hydrogens is 938 g/mol. The molecule has 0 unspecified atom stereocenters. The number of cyclic esters (lactones) is 1. The molecule has 2 aromatic carbocycles. The van der Waals surface area contributed by atoms with Gasteiger partial charge in [-0.1, -0.05) is 13.0 Å². The lowest BCUT2D eigenvalue weighted by Gasteiger charge is -2.43. The Balaban J connectivity index is 1.09. The Morgan fingerprint density at radius 3 is 2.35 bits per heavy atom. The van der Waals surface area contributed by atoms with Crippen molar-refractivity contribution in [1.82, 2.24) is 14.9 Å². The number of alkyl carbamates (subject to hydrolysis) is 1. The van der Waals surface area contributed by atoms with Crippen molar-refractivity contribution in [2.75, 3.05) is 19.0 Å². The Bertz CT molecular complexity index is 2980. The number of fused-ring (bicyclic) bond motifs is 5. The molecule has 5 N–H and O–H groups in total. The number of nitrogens with one attached hydrogen (secondary N) is 2. The fraction of sp³-hybridized carbons (Fsp3) is 0.438. The molecule has 0 saturated carbocycles. The molecule has 1 saturated heterocycles. The van der Waals surface area contributed by atoms with Crippen LogP contribution in [0.2, 0.25) is 0 Å². The number of anilines is 1. The van der Waals surface area contributed by atoms with Crippen LogP contribution >= 0.6 is 0 Å². The van der Waals surface area contributed by atoms with E-state index in [1.54, 1.807) is 19.9 Å². The number of nitrogens with two attached hydrogens (primary N) is 1. The molecule has 1 aliphatic carbocycles. The van der Waals surface area contributed by atoms with Crippen LogP contribution in [0.5, 0.6) is 5.75 Å². The number of aliphatic hydroxyl groups is 1. The zero-order valence-corrected chi connectivity index (χ0v) is 39.3. The van der Waals surface area contributed by atoms with Gasteiger partial charge in [0.2, 0.25) is 18.3 Å². The van der Waals surface area contributed by atoms with E-state index in [-0.39, 0.29) is 67.2 Å². The van der Waals surface area contributed by atoms with E-state index in [0.717, 1.165) is 27.9 Å². The van der Waals surface area contributed by atoms with E-state index in [1.165, 1.54) is 28.8 Å². The molecule has 3 aliphatic heterocycles. The molecule has 4 aromatic rings. The fourth-order valence-corrected chi connectivity index (χ4v) is 9.54. The van der Waals surface area contributed by atoms with E-state index in [4.69, 9.17) is 48.6 Å². The first-order chi connectivity index (χ1) is 33.8. The Morgan fingerprint density at radius 2 is 1.68 bits per heavy atom. The van der Waals surface area contributed by atoms with Gasteiger partial charge in [-0.05, 0) is 66.6 Å². The zero-order chi connectivity index (χ0) is 51.2. The molecule has 5 heterocycles. The predicted molar refractivity (Wildman–Crippen MR) is 240 cm³/mol. The van der Waals surface area contributed by atoms with E-state index in [0.29, 0.717) is 57.4 Å². The monoisotopic (exact) mass is 987 g/mol. The van der Waals surface area contributed by atoms with Crippen LogP contribution in [0.15, 0.2) is 35.1 Å². The molecule has 4 aliphatic rings. The molecule has 8 rings (SSSR count). The molecule has 7 atom stereocenters. The Kier molecular flexibility index (Phi) is 13.9. The second-order valence-corrected chi connectivity index (χ2v) is 17.3. The number of nitrogens with zero attached hydrogens (tertiary/aromatic N) is 2. The molecule has 0 radical (unpaired) electrons. The summed E-state index contributed by atoms with van der Waals surface area (Å²) >= 11 is 0. The second-order valence-electron chi connectivity index (χ2n) is 17.3. The maximum Gasteiger partial charge on any atom is 0.407 e. The number of methoxy groups -OCH3 is 1. The number of benzene rings is 2. The van der Waals surface area contributed by atoms with Crippen molar-refractivity contribution < 1.29 is 81.0 Å². The molecule has 1 fully saturated rings. The lowest BCUT2D eigenvalue weighted by Crippen LogP contribution is -2.64. The first-order valence-corrected chi connectivity index (χ1v) is 22.6. The maximum atomic E-state index is 15.5. The molecule has 23 heteroatoms. The summed E-state index contributed by atoms with van der Waals surface area (Å²) in [5.41, 5.74) is 6.75. The summed E-state index contributed by atoms with van der Waals surface area (Å²) in [7, 11) is 1.03. The minimum Gasteiger partial charge on any atom is -0.467 e. The highest BCUT2D eigenvalue weighted by atomic mass is 19.1. The van der Waals surface area contributed by atoms with E-state index in [9.17, 15) is 43.5 Å². The van der Waals surface area contributed by atoms with Crippen molar-refractivity contribution in [3.8, 4) is 17.1 Å². The Hall–Kier alpha value is -7.50. The maximum absolute atomic E-state index is 15.5. The number of carbonyl (C=O) groups is 7.